The van der Waals surface area contributed by atoms with Crippen LogP contribution >= 0.6 is 0 Å². The molecule has 6 nitrogen and oxygen atoms in total. The lowest BCUT2D eigenvalue weighted by Crippen LogP contribution is -2.44. The quantitative estimate of drug-likeness (QED) is 0.714. The summed E-state index contributed by atoms with van der Waals surface area (Å²) in [6.45, 7) is 4.66. The molecule has 0 unspecified atom stereocenters. The van der Waals surface area contributed by atoms with E-state index in [9.17, 15) is 14.4 Å². The fourth-order valence-corrected chi connectivity index (χ4v) is 1.94. The first-order chi connectivity index (χ1) is 8.54. The first-order valence-electron chi connectivity index (χ1n) is 6.23. The van der Waals surface area contributed by atoms with Gasteiger partial charge in [-0.2, -0.15) is 0 Å². The van der Waals surface area contributed by atoms with Gasteiger partial charge < -0.3 is 15.0 Å². The molecule has 0 aliphatic carbocycles. The lowest BCUT2D eigenvalue weighted by molar-refractivity contribution is -0.151. The van der Waals surface area contributed by atoms with E-state index >= 15 is 0 Å². The molecule has 102 valence electrons. The Hall–Kier alpha value is -1.59. The van der Waals surface area contributed by atoms with E-state index in [1.807, 2.05) is 0 Å². The van der Waals surface area contributed by atoms with Gasteiger partial charge in [0.2, 0.25) is 11.8 Å². The number of amides is 2. The van der Waals surface area contributed by atoms with Crippen LogP contribution in [0.2, 0.25) is 0 Å². The Morgan fingerprint density at radius 2 is 1.89 bits per heavy atom. The van der Waals surface area contributed by atoms with Crippen LogP contribution in [0.15, 0.2) is 0 Å². The molecule has 2 amide bonds. The predicted molar refractivity (Wildman–Crippen MR) is 64.6 cm³/mol. The van der Waals surface area contributed by atoms with Gasteiger partial charge in [0, 0.05) is 20.0 Å². The van der Waals surface area contributed by atoms with Gasteiger partial charge in [0.25, 0.3) is 0 Å². The van der Waals surface area contributed by atoms with Crippen LogP contribution in [0.4, 0.5) is 0 Å². The number of ether oxygens (including phenoxy) is 1. The van der Waals surface area contributed by atoms with Crippen LogP contribution in [0.1, 0.15) is 26.7 Å². The van der Waals surface area contributed by atoms with Gasteiger partial charge >= 0.3 is 5.97 Å². The lowest BCUT2D eigenvalue weighted by atomic mass is 9.97. The van der Waals surface area contributed by atoms with Crippen LogP contribution in [-0.2, 0) is 19.1 Å². The van der Waals surface area contributed by atoms with E-state index in [4.69, 9.17) is 4.74 Å². The van der Waals surface area contributed by atoms with E-state index in [1.54, 1.807) is 11.8 Å². The largest absolute Gasteiger partial charge is 0.466 e. The molecule has 0 bridgehead atoms. The van der Waals surface area contributed by atoms with Crippen molar-refractivity contribution in [1.82, 2.24) is 10.2 Å². The fraction of sp³-hybridized carbons (Fsp3) is 0.750. The molecule has 0 aromatic heterocycles. The number of esters is 1. The van der Waals surface area contributed by atoms with Crippen LogP contribution in [-0.4, -0.2) is 48.9 Å². The van der Waals surface area contributed by atoms with E-state index in [1.165, 1.54) is 6.92 Å². The van der Waals surface area contributed by atoms with Crippen molar-refractivity contribution in [3.05, 3.63) is 0 Å². The molecule has 0 radical (unpaired) electrons. The number of carbonyl (C=O) groups excluding carboxylic acids is 3. The molecule has 0 saturated carbocycles. The van der Waals surface area contributed by atoms with E-state index in [-0.39, 0.29) is 30.2 Å². The maximum Gasteiger partial charge on any atom is 0.309 e. The Bertz CT molecular complexity index is 322. The van der Waals surface area contributed by atoms with Crippen molar-refractivity contribution in [2.45, 2.75) is 26.7 Å². The second kappa shape index (κ2) is 6.98. The molecule has 0 aromatic rings. The third kappa shape index (κ3) is 4.35. The van der Waals surface area contributed by atoms with Gasteiger partial charge in [-0.25, -0.2) is 0 Å². The number of nitrogens with one attached hydrogen (secondary N) is 1. The van der Waals surface area contributed by atoms with E-state index < -0.39 is 0 Å². The summed E-state index contributed by atoms with van der Waals surface area (Å²) >= 11 is 0. The topological polar surface area (TPSA) is 75.7 Å². The highest BCUT2D eigenvalue weighted by molar-refractivity contribution is 5.84. The van der Waals surface area contributed by atoms with Crippen molar-refractivity contribution in [2.75, 3.05) is 26.2 Å². The van der Waals surface area contributed by atoms with E-state index in [0.29, 0.717) is 32.5 Å². The number of nitrogens with zero attached hydrogens (tertiary/aromatic N) is 1. The van der Waals surface area contributed by atoms with Crippen molar-refractivity contribution in [2.24, 2.45) is 5.92 Å². The molecule has 18 heavy (non-hydrogen) atoms. The molecule has 1 rings (SSSR count). The minimum Gasteiger partial charge on any atom is -0.466 e. The van der Waals surface area contributed by atoms with Gasteiger partial charge in [-0.05, 0) is 19.8 Å². The Morgan fingerprint density at radius 1 is 1.28 bits per heavy atom. The van der Waals surface area contributed by atoms with Crippen LogP contribution in [0.3, 0.4) is 0 Å². The molecule has 1 saturated heterocycles. The molecule has 6 heteroatoms. The number of piperidine rings is 1. The second-order valence-corrected chi connectivity index (χ2v) is 4.32. The van der Waals surface area contributed by atoms with Crippen molar-refractivity contribution >= 4 is 17.8 Å². The van der Waals surface area contributed by atoms with Crippen molar-refractivity contribution in [3.8, 4) is 0 Å². The van der Waals surface area contributed by atoms with Crippen molar-refractivity contribution in [3.63, 3.8) is 0 Å². The third-order valence-corrected chi connectivity index (χ3v) is 2.96. The van der Waals surface area contributed by atoms with Gasteiger partial charge in [0.1, 0.15) is 0 Å². The van der Waals surface area contributed by atoms with Crippen molar-refractivity contribution < 1.29 is 19.1 Å². The SMILES string of the molecule is CCOC(=O)C1CCN(C(=O)CNC(C)=O)CC1. The molecule has 1 heterocycles. The number of hydrogen-bond donors (Lipinski definition) is 1. The number of hydrogen-bond acceptors (Lipinski definition) is 4. The summed E-state index contributed by atoms with van der Waals surface area (Å²) in [5.74, 6) is -0.599. The summed E-state index contributed by atoms with van der Waals surface area (Å²) in [7, 11) is 0. The van der Waals surface area contributed by atoms with E-state index in [2.05, 4.69) is 5.32 Å². The zero-order valence-electron chi connectivity index (χ0n) is 10.9. The molecular formula is C12H20N2O4. The van der Waals surface area contributed by atoms with Gasteiger partial charge in [-0.15, -0.1) is 0 Å². The van der Waals surface area contributed by atoms with Gasteiger partial charge in [0.15, 0.2) is 0 Å². The number of rotatable bonds is 4. The van der Waals surface area contributed by atoms with Crippen LogP contribution in [0.5, 0.6) is 0 Å². The normalized spacial score (nSPS) is 16.2. The summed E-state index contributed by atoms with van der Waals surface area (Å²) in [5, 5.41) is 2.48. The first-order valence-corrected chi connectivity index (χ1v) is 6.23. The van der Waals surface area contributed by atoms with E-state index in [0.717, 1.165) is 0 Å². The minimum absolute atomic E-state index is 0.0272. The smallest absolute Gasteiger partial charge is 0.309 e. The second-order valence-electron chi connectivity index (χ2n) is 4.32. The maximum absolute atomic E-state index is 11.7. The highest BCUT2D eigenvalue weighted by Gasteiger charge is 2.27. The maximum atomic E-state index is 11.7. The standard InChI is InChI=1S/C12H20N2O4/c1-3-18-12(17)10-4-6-14(7-5-10)11(16)8-13-9(2)15/h10H,3-8H2,1-2H3,(H,13,15). The third-order valence-electron chi connectivity index (χ3n) is 2.96. The number of carbonyl (C=O) groups is 3. The molecule has 1 N–H and O–H groups in total. The van der Waals surface area contributed by atoms with Crippen LogP contribution in [0.25, 0.3) is 0 Å². The molecule has 1 aliphatic rings. The zero-order valence-corrected chi connectivity index (χ0v) is 10.9. The average Bonchev–Trinajstić information content (AvgIpc) is 2.36. The lowest BCUT2D eigenvalue weighted by Gasteiger charge is -2.30. The molecule has 0 atom stereocenters. The predicted octanol–water partition coefficient (Wildman–Crippen LogP) is -0.0758. The van der Waals surface area contributed by atoms with Crippen LogP contribution < -0.4 is 5.32 Å². The summed E-state index contributed by atoms with van der Waals surface area (Å²) < 4.78 is 4.96. The molecule has 0 aromatic carbocycles. The molecule has 0 spiro atoms. The average molecular weight is 256 g/mol. The highest BCUT2D eigenvalue weighted by atomic mass is 16.5. The summed E-state index contributed by atoms with van der Waals surface area (Å²) in [6.07, 6.45) is 1.26. The Balaban J connectivity index is 2.32. The Kier molecular flexibility index (Phi) is 5.61. The van der Waals surface area contributed by atoms with Gasteiger partial charge in [-0.1, -0.05) is 0 Å². The first kappa shape index (κ1) is 14.5. The zero-order chi connectivity index (χ0) is 13.5. The summed E-state index contributed by atoms with van der Waals surface area (Å²) in [4.78, 5) is 35.6. The molecule has 1 aliphatic heterocycles. The van der Waals surface area contributed by atoms with Gasteiger partial charge in [0.05, 0.1) is 19.1 Å². The summed E-state index contributed by atoms with van der Waals surface area (Å²) in [6, 6.07) is 0. The monoisotopic (exact) mass is 256 g/mol. The highest BCUT2D eigenvalue weighted by Crippen LogP contribution is 2.18. The summed E-state index contributed by atoms with van der Waals surface area (Å²) in [5.41, 5.74) is 0. The Morgan fingerprint density at radius 3 is 2.39 bits per heavy atom. The minimum atomic E-state index is -0.218. The van der Waals surface area contributed by atoms with Crippen molar-refractivity contribution in [1.29, 1.82) is 0 Å². The Labute approximate surface area is 107 Å². The molecular weight excluding hydrogens is 236 g/mol. The number of likely N-dealkylation sites (tertiary alicyclic amines) is 1. The van der Waals surface area contributed by atoms with Gasteiger partial charge in [-0.3, -0.25) is 14.4 Å². The molecule has 1 fully saturated rings. The fourth-order valence-electron chi connectivity index (χ4n) is 1.94. The van der Waals surface area contributed by atoms with Crippen LogP contribution in [0, 0.1) is 5.92 Å².